The van der Waals surface area contributed by atoms with Gasteiger partial charge in [-0.3, -0.25) is 0 Å². The minimum Gasteiger partial charge on any atom is -0.503 e. The van der Waals surface area contributed by atoms with Crippen molar-refractivity contribution in [3.63, 3.8) is 0 Å². The molecule has 0 spiro atoms. The molecule has 0 unspecified atom stereocenters. The largest absolute Gasteiger partial charge is 0.503 e. The van der Waals surface area contributed by atoms with Crippen molar-refractivity contribution >= 4 is 39.4 Å². The molecule has 3 aromatic rings. The van der Waals surface area contributed by atoms with Crippen LogP contribution < -0.4 is 4.74 Å². The highest BCUT2D eigenvalue weighted by atomic mass is 35.5. The third kappa shape index (κ3) is 3.66. The lowest BCUT2D eigenvalue weighted by atomic mass is 10.2. The molecule has 0 saturated carbocycles. The molecule has 0 aliphatic rings. The Morgan fingerprint density at radius 3 is 2.69 bits per heavy atom. The molecule has 2 aromatic heterocycles. The number of hydrogen-bond donors (Lipinski definition) is 0. The van der Waals surface area contributed by atoms with Crippen molar-refractivity contribution in [2.24, 2.45) is 0 Å². The van der Waals surface area contributed by atoms with Crippen LogP contribution in [0, 0.1) is 6.92 Å². The average Bonchev–Trinajstić information content (AvgIpc) is 3.14. The van der Waals surface area contributed by atoms with Crippen LogP contribution in [0.4, 0.5) is 0 Å². The van der Waals surface area contributed by atoms with E-state index in [0.717, 1.165) is 0 Å². The minimum atomic E-state index is -0.513. The Hall–Kier alpha value is -2.58. The van der Waals surface area contributed by atoms with Crippen LogP contribution in [0.3, 0.4) is 0 Å². The highest BCUT2D eigenvalue weighted by Gasteiger charge is 2.24. The molecule has 0 bridgehead atoms. The van der Waals surface area contributed by atoms with Gasteiger partial charge in [0.15, 0.2) is 0 Å². The number of thiazole rings is 1. The number of carbonyl (C=O) groups excluding carboxylic acids is 1. The summed E-state index contributed by atoms with van der Waals surface area (Å²) in [4.78, 5) is 17.8. The van der Waals surface area contributed by atoms with E-state index in [1.54, 1.807) is 35.7 Å². The molecular weight excluding hydrogens is 378 g/mol. The average molecular weight is 394 g/mol. The second-order valence-corrected chi connectivity index (χ2v) is 6.65. The normalized spacial score (nSPS) is 11.6. The maximum atomic E-state index is 12.2. The third-order valence-corrected chi connectivity index (χ3v) is 4.83. The van der Waals surface area contributed by atoms with E-state index in [9.17, 15) is 4.79 Å². The first-order valence-electron chi connectivity index (χ1n) is 7.58. The quantitative estimate of drug-likeness (QED) is 0.362. The molecule has 0 fully saturated rings. The van der Waals surface area contributed by atoms with E-state index in [4.69, 9.17) is 25.8 Å². The number of fused-ring (bicyclic) bond motifs is 1. The van der Waals surface area contributed by atoms with Crippen LogP contribution in [-0.4, -0.2) is 34.8 Å². The van der Waals surface area contributed by atoms with Crippen LogP contribution in [0.5, 0.6) is 5.75 Å². The van der Waals surface area contributed by atoms with Crippen molar-refractivity contribution in [2.75, 3.05) is 14.2 Å². The van der Waals surface area contributed by atoms with E-state index in [0.29, 0.717) is 32.1 Å². The van der Waals surface area contributed by atoms with Crippen molar-refractivity contribution in [3.8, 4) is 5.75 Å². The van der Waals surface area contributed by atoms with Crippen molar-refractivity contribution in [3.05, 3.63) is 51.9 Å². The fourth-order valence-electron chi connectivity index (χ4n) is 2.33. The number of ether oxygens (including phenoxy) is 3. The number of esters is 1. The lowest BCUT2D eigenvalue weighted by Gasteiger charge is -2.09. The third-order valence-electron chi connectivity index (χ3n) is 3.47. The van der Waals surface area contributed by atoms with E-state index in [1.807, 2.05) is 0 Å². The summed E-state index contributed by atoms with van der Waals surface area (Å²) in [7, 11) is 2.78. The zero-order chi connectivity index (χ0) is 18.7. The Kier molecular flexibility index (Phi) is 5.43. The van der Waals surface area contributed by atoms with Crippen LogP contribution in [-0.2, 0) is 20.9 Å². The molecule has 0 N–H and O–H groups in total. The van der Waals surface area contributed by atoms with Crippen molar-refractivity contribution < 1.29 is 19.0 Å². The lowest BCUT2D eigenvalue weighted by molar-refractivity contribution is -0.133. The Balaban J connectivity index is 2.01. The standard InChI is InChI=1S/C17H16ClN3O4S/c1-10-19-17-21(20-10)14(9-25-12-6-4-11(18)5-7-12)15(26-17)13(8-23-2)16(22)24-3/h4-8H,9H2,1-3H3/b13-8+. The van der Waals surface area contributed by atoms with Gasteiger partial charge in [-0.2, -0.15) is 5.10 Å². The van der Waals surface area contributed by atoms with Crippen molar-refractivity contribution in [2.45, 2.75) is 13.5 Å². The number of hydrogen-bond acceptors (Lipinski definition) is 7. The summed E-state index contributed by atoms with van der Waals surface area (Å²) in [5, 5.41) is 5.01. The molecular formula is C17H16ClN3O4S. The summed E-state index contributed by atoms with van der Waals surface area (Å²) >= 11 is 7.21. The van der Waals surface area contributed by atoms with Crippen LogP contribution in [0.2, 0.25) is 5.02 Å². The summed E-state index contributed by atoms with van der Waals surface area (Å²) < 4.78 is 17.4. The molecule has 0 saturated heterocycles. The lowest BCUT2D eigenvalue weighted by Crippen LogP contribution is -2.08. The second kappa shape index (κ2) is 7.76. The number of nitrogens with zero attached hydrogens (tertiary/aromatic N) is 3. The van der Waals surface area contributed by atoms with E-state index in [1.165, 1.54) is 31.8 Å². The zero-order valence-electron chi connectivity index (χ0n) is 14.4. The Labute approximate surface area is 158 Å². The van der Waals surface area contributed by atoms with E-state index in [2.05, 4.69) is 10.1 Å². The number of methoxy groups -OCH3 is 2. The molecule has 26 heavy (non-hydrogen) atoms. The molecule has 0 amide bonds. The van der Waals surface area contributed by atoms with E-state index in [-0.39, 0.29) is 12.2 Å². The topological polar surface area (TPSA) is 75.0 Å². The Morgan fingerprint density at radius 1 is 1.31 bits per heavy atom. The van der Waals surface area contributed by atoms with Crippen molar-refractivity contribution in [1.29, 1.82) is 0 Å². The molecule has 0 aliphatic heterocycles. The first-order valence-corrected chi connectivity index (χ1v) is 8.78. The van der Waals surface area contributed by atoms with Crippen LogP contribution in [0.1, 0.15) is 16.4 Å². The number of aromatic nitrogens is 3. The van der Waals surface area contributed by atoms with Crippen LogP contribution >= 0.6 is 22.9 Å². The van der Waals surface area contributed by atoms with Gasteiger partial charge in [-0.05, 0) is 31.2 Å². The summed E-state index contributed by atoms with van der Waals surface area (Å²) in [6.07, 6.45) is 1.34. The number of rotatable bonds is 6. The SMILES string of the molecule is CO/C=C(/C(=O)OC)c1sc2nc(C)nn2c1COc1ccc(Cl)cc1. The van der Waals surface area contributed by atoms with Crippen LogP contribution in [0.15, 0.2) is 30.5 Å². The van der Waals surface area contributed by atoms with Gasteiger partial charge in [0.05, 0.1) is 25.4 Å². The molecule has 0 atom stereocenters. The monoisotopic (exact) mass is 393 g/mol. The molecule has 7 nitrogen and oxygen atoms in total. The maximum Gasteiger partial charge on any atom is 0.342 e. The number of aryl methyl sites for hydroxylation is 1. The smallest absolute Gasteiger partial charge is 0.342 e. The van der Waals surface area contributed by atoms with Gasteiger partial charge >= 0.3 is 5.97 Å². The van der Waals surface area contributed by atoms with Gasteiger partial charge < -0.3 is 14.2 Å². The van der Waals surface area contributed by atoms with Gasteiger partial charge in [0.25, 0.3) is 0 Å². The Morgan fingerprint density at radius 2 is 2.04 bits per heavy atom. The summed E-state index contributed by atoms with van der Waals surface area (Å²) in [6.45, 7) is 1.98. The molecule has 1 aromatic carbocycles. The number of carbonyl (C=O) groups is 1. The van der Waals surface area contributed by atoms with Crippen molar-refractivity contribution in [1.82, 2.24) is 14.6 Å². The van der Waals surface area contributed by atoms with Gasteiger partial charge in [0.1, 0.15) is 29.4 Å². The van der Waals surface area contributed by atoms with Gasteiger partial charge in [-0.1, -0.05) is 22.9 Å². The molecule has 3 rings (SSSR count). The maximum absolute atomic E-state index is 12.2. The molecule has 0 radical (unpaired) electrons. The van der Waals surface area contributed by atoms with Gasteiger partial charge in [0.2, 0.25) is 4.96 Å². The Bertz CT molecular complexity index is 962. The summed E-state index contributed by atoms with van der Waals surface area (Å²) in [5.74, 6) is 0.763. The predicted octanol–water partition coefficient (Wildman–Crippen LogP) is 3.49. The van der Waals surface area contributed by atoms with E-state index >= 15 is 0 Å². The van der Waals surface area contributed by atoms with Gasteiger partial charge in [-0.15, -0.1) is 0 Å². The number of benzene rings is 1. The summed E-state index contributed by atoms with van der Waals surface area (Å²) in [5.41, 5.74) is 0.953. The first-order chi connectivity index (χ1) is 12.5. The number of halogens is 1. The highest BCUT2D eigenvalue weighted by molar-refractivity contribution is 7.18. The molecule has 0 aliphatic carbocycles. The molecule has 9 heteroatoms. The fourth-order valence-corrected chi connectivity index (χ4v) is 3.55. The van der Waals surface area contributed by atoms with Gasteiger partial charge in [-0.25, -0.2) is 14.3 Å². The minimum absolute atomic E-state index is 0.178. The fraction of sp³-hybridized carbons (Fsp3) is 0.235. The van der Waals surface area contributed by atoms with Crippen LogP contribution in [0.25, 0.3) is 10.5 Å². The highest BCUT2D eigenvalue weighted by Crippen LogP contribution is 2.31. The van der Waals surface area contributed by atoms with Gasteiger partial charge in [0, 0.05) is 5.02 Å². The van der Waals surface area contributed by atoms with E-state index < -0.39 is 5.97 Å². The summed E-state index contributed by atoms with van der Waals surface area (Å²) in [6, 6.07) is 7.02. The first kappa shape index (κ1) is 18.2. The predicted molar refractivity (Wildman–Crippen MR) is 98.4 cm³/mol. The molecule has 2 heterocycles. The second-order valence-electron chi connectivity index (χ2n) is 5.23. The molecule has 136 valence electrons. The zero-order valence-corrected chi connectivity index (χ0v) is 15.9.